The standard InChI is InChI=1S/C12H20N2O4/c15-10-6-2-1-4-8(10)13-12(18)14-7-3-5-9(14)11(16)17/h8-10,15H,1-7H2,(H,13,18)(H,16,17). The SMILES string of the molecule is O=C(O)C1CCCN1C(=O)NC1CCCCC1O. The molecule has 3 unspecified atom stereocenters. The molecule has 0 bridgehead atoms. The van der Waals surface area contributed by atoms with Crippen LogP contribution in [0.25, 0.3) is 0 Å². The van der Waals surface area contributed by atoms with Crippen molar-refractivity contribution in [3.63, 3.8) is 0 Å². The van der Waals surface area contributed by atoms with Crippen molar-refractivity contribution in [2.24, 2.45) is 0 Å². The number of carbonyl (C=O) groups is 2. The summed E-state index contributed by atoms with van der Waals surface area (Å²) in [6.45, 7) is 0.478. The fraction of sp³-hybridized carbons (Fsp3) is 0.833. The summed E-state index contributed by atoms with van der Waals surface area (Å²) in [6, 6.07) is -1.31. The van der Waals surface area contributed by atoms with E-state index in [1.807, 2.05) is 0 Å². The van der Waals surface area contributed by atoms with Gasteiger partial charge >= 0.3 is 12.0 Å². The molecule has 3 atom stereocenters. The molecule has 0 radical (unpaired) electrons. The van der Waals surface area contributed by atoms with Crippen LogP contribution in [0, 0.1) is 0 Å². The van der Waals surface area contributed by atoms with Gasteiger partial charge in [-0.3, -0.25) is 0 Å². The Kier molecular flexibility index (Phi) is 4.06. The smallest absolute Gasteiger partial charge is 0.326 e. The number of hydrogen-bond donors (Lipinski definition) is 3. The molecule has 1 saturated carbocycles. The van der Waals surface area contributed by atoms with Gasteiger partial charge in [-0.2, -0.15) is 0 Å². The van der Waals surface area contributed by atoms with Crippen LogP contribution in [0.1, 0.15) is 38.5 Å². The summed E-state index contributed by atoms with van der Waals surface area (Å²) in [5.41, 5.74) is 0. The number of carbonyl (C=O) groups excluding carboxylic acids is 1. The van der Waals surface area contributed by atoms with Gasteiger partial charge in [0.2, 0.25) is 0 Å². The average molecular weight is 256 g/mol. The first-order valence-electron chi connectivity index (χ1n) is 6.57. The fourth-order valence-corrected chi connectivity index (χ4v) is 2.79. The first kappa shape index (κ1) is 13.1. The van der Waals surface area contributed by atoms with Crippen molar-refractivity contribution < 1.29 is 19.8 Å². The third-order valence-electron chi connectivity index (χ3n) is 3.84. The second kappa shape index (κ2) is 5.56. The van der Waals surface area contributed by atoms with E-state index in [4.69, 9.17) is 5.11 Å². The lowest BCUT2D eigenvalue weighted by molar-refractivity contribution is -0.141. The Hall–Kier alpha value is -1.30. The molecular formula is C12H20N2O4. The van der Waals surface area contributed by atoms with Crippen molar-refractivity contribution in [2.45, 2.75) is 56.7 Å². The minimum atomic E-state index is -0.952. The summed E-state index contributed by atoms with van der Waals surface area (Å²) in [5, 5.41) is 21.6. The molecule has 102 valence electrons. The summed E-state index contributed by atoms with van der Waals surface area (Å²) >= 11 is 0. The molecule has 1 aliphatic heterocycles. The normalized spacial score (nSPS) is 32.3. The molecule has 6 heteroatoms. The molecule has 3 N–H and O–H groups in total. The lowest BCUT2D eigenvalue weighted by Crippen LogP contribution is -2.52. The van der Waals surface area contributed by atoms with Crippen LogP contribution in [0.4, 0.5) is 4.79 Å². The monoisotopic (exact) mass is 256 g/mol. The van der Waals surface area contributed by atoms with Gasteiger partial charge in [0.25, 0.3) is 0 Å². The number of nitrogens with one attached hydrogen (secondary N) is 1. The highest BCUT2D eigenvalue weighted by Crippen LogP contribution is 2.21. The molecule has 6 nitrogen and oxygen atoms in total. The average Bonchev–Trinajstić information content (AvgIpc) is 2.81. The maximum atomic E-state index is 12.0. The number of rotatable bonds is 2. The number of carboxylic acid groups (broad SMARTS) is 1. The van der Waals surface area contributed by atoms with Gasteiger partial charge in [0.15, 0.2) is 0 Å². The van der Waals surface area contributed by atoms with E-state index < -0.39 is 18.1 Å². The summed E-state index contributed by atoms with van der Waals surface area (Å²) < 4.78 is 0. The number of hydrogen-bond acceptors (Lipinski definition) is 3. The molecule has 2 aliphatic rings. The molecule has 0 aromatic rings. The maximum Gasteiger partial charge on any atom is 0.326 e. The molecule has 1 heterocycles. The first-order chi connectivity index (χ1) is 8.59. The third-order valence-corrected chi connectivity index (χ3v) is 3.84. The molecule has 2 fully saturated rings. The van der Waals surface area contributed by atoms with Crippen molar-refractivity contribution in [1.29, 1.82) is 0 Å². The lowest BCUT2D eigenvalue weighted by atomic mass is 9.93. The number of aliphatic hydroxyl groups excluding tert-OH is 1. The van der Waals surface area contributed by atoms with Gasteiger partial charge in [0.1, 0.15) is 6.04 Å². The van der Waals surface area contributed by atoms with Gasteiger partial charge in [-0.15, -0.1) is 0 Å². The summed E-state index contributed by atoms with van der Waals surface area (Å²) in [4.78, 5) is 24.4. The second-order valence-corrected chi connectivity index (χ2v) is 5.10. The van der Waals surface area contributed by atoms with Crippen molar-refractivity contribution in [3.05, 3.63) is 0 Å². The van der Waals surface area contributed by atoms with E-state index in [0.717, 1.165) is 25.7 Å². The van der Waals surface area contributed by atoms with Gasteiger partial charge < -0.3 is 20.4 Å². The zero-order valence-electron chi connectivity index (χ0n) is 10.3. The van der Waals surface area contributed by atoms with E-state index in [1.54, 1.807) is 0 Å². The first-order valence-corrected chi connectivity index (χ1v) is 6.57. The summed E-state index contributed by atoms with van der Waals surface area (Å²) in [5.74, 6) is -0.952. The number of aliphatic carboxylic acids is 1. The number of likely N-dealkylation sites (tertiary alicyclic amines) is 1. The Morgan fingerprint density at radius 1 is 1.11 bits per heavy atom. The minimum Gasteiger partial charge on any atom is -0.480 e. The van der Waals surface area contributed by atoms with Gasteiger partial charge in [0, 0.05) is 6.54 Å². The molecule has 18 heavy (non-hydrogen) atoms. The maximum absolute atomic E-state index is 12.0. The van der Waals surface area contributed by atoms with E-state index in [2.05, 4.69) is 5.32 Å². The third kappa shape index (κ3) is 2.75. The van der Waals surface area contributed by atoms with Gasteiger partial charge in [-0.1, -0.05) is 12.8 Å². The quantitative estimate of drug-likeness (QED) is 0.673. The number of urea groups is 1. The minimum absolute atomic E-state index is 0.235. The van der Waals surface area contributed by atoms with E-state index in [-0.39, 0.29) is 12.1 Å². The van der Waals surface area contributed by atoms with Crippen molar-refractivity contribution >= 4 is 12.0 Å². The molecular weight excluding hydrogens is 236 g/mol. The molecule has 2 rings (SSSR count). The Balaban J connectivity index is 1.92. The Bertz CT molecular complexity index is 334. The summed E-state index contributed by atoms with van der Waals surface area (Å²) in [6.07, 6.45) is 4.16. The van der Waals surface area contributed by atoms with Crippen LogP contribution in [0.2, 0.25) is 0 Å². The van der Waals surface area contributed by atoms with E-state index >= 15 is 0 Å². The number of aliphatic hydroxyl groups is 1. The van der Waals surface area contributed by atoms with Crippen LogP contribution in [0.15, 0.2) is 0 Å². The lowest BCUT2D eigenvalue weighted by Gasteiger charge is -2.31. The van der Waals surface area contributed by atoms with Crippen molar-refractivity contribution in [2.75, 3.05) is 6.54 Å². The predicted octanol–water partition coefficient (Wildman–Crippen LogP) is 0.548. The highest BCUT2D eigenvalue weighted by atomic mass is 16.4. The molecule has 2 amide bonds. The fourth-order valence-electron chi connectivity index (χ4n) is 2.79. The van der Waals surface area contributed by atoms with Crippen LogP contribution in [-0.2, 0) is 4.79 Å². The molecule has 0 aromatic heterocycles. The predicted molar refractivity (Wildman–Crippen MR) is 64.2 cm³/mol. The van der Waals surface area contributed by atoms with Crippen molar-refractivity contribution in [1.82, 2.24) is 10.2 Å². The van der Waals surface area contributed by atoms with E-state index in [0.29, 0.717) is 19.4 Å². The van der Waals surface area contributed by atoms with Crippen LogP contribution < -0.4 is 5.32 Å². The number of nitrogens with zero attached hydrogens (tertiary/aromatic N) is 1. The largest absolute Gasteiger partial charge is 0.480 e. The van der Waals surface area contributed by atoms with Gasteiger partial charge in [-0.25, -0.2) is 9.59 Å². The molecule has 1 aliphatic carbocycles. The van der Waals surface area contributed by atoms with Crippen LogP contribution in [0.5, 0.6) is 0 Å². The van der Waals surface area contributed by atoms with Crippen molar-refractivity contribution in [3.8, 4) is 0 Å². The number of carboxylic acids is 1. The zero-order valence-corrected chi connectivity index (χ0v) is 10.3. The van der Waals surface area contributed by atoms with E-state index in [9.17, 15) is 14.7 Å². The molecule has 1 saturated heterocycles. The Morgan fingerprint density at radius 2 is 1.83 bits per heavy atom. The van der Waals surface area contributed by atoms with E-state index in [1.165, 1.54) is 4.90 Å². The highest BCUT2D eigenvalue weighted by molar-refractivity contribution is 5.83. The highest BCUT2D eigenvalue weighted by Gasteiger charge is 2.35. The second-order valence-electron chi connectivity index (χ2n) is 5.10. The molecule has 0 spiro atoms. The Morgan fingerprint density at radius 3 is 2.50 bits per heavy atom. The molecule has 0 aromatic carbocycles. The topological polar surface area (TPSA) is 89.9 Å². The van der Waals surface area contributed by atoms with Gasteiger partial charge in [-0.05, 0) is 25.7 Å². The van der Waals surface area contributed by atoms with Gasteiger partial charge in [0.05, 0.1) is 12.1 Å². The zero-order chi connectivity index (χ0) is 13.1. The van der Waals surface area contributed by atoms with Crippen LogP contribution >= 0.6 is 0 Å². The van der Waals surface area contributed by atoms with Crippen LogP contribution in [0.3, 0.4) is 0 Å². The summed E-state index contributed by atoms with van der Waals surface area (Å²) in [7, 11) is 0. The number of amides is 2. The Labute approximate surface area is 106 Å². The van der Waals surface area contributed by atoms with Crippen LogP contribution in [-0.4, -0.2) is 51.8 Å².